The van der Waals surface area contributed by atoms with Gasteiger partial charge in [0.25, 0.3) is 0 Å². The Kier molecular flexibility index (Phi) is 4.75. The Morgan fingerprint density at radius 3 is 2.68 bits per heavy atom. The summed E-state index contributed by atoms with van der Waals surface area (Å²) in [6.07, 6.45) is 0.510. The second-order valence-corrected chi connectivity index (χ2v) is 7.43. The van der Waals surface area contributed by atoms with Gasteiger partial charge in [0.1, 0.15) is 5.75 Å². The number of hydrogen-bond donors (Lipinski definition) is 2. The average molecular weight is 393 g/mol. The molecule has 0 bridgehead atoms. The van der Waals surface area contributed by atoms with Gasteiger partial charge < -0.3 is 20.1 Å². The molecule has 7 heteroatoms. The smallest absolute Gasteiger partial charge is 0.303 e. The van der Waals surface area contributed by atoms with Crippen LogP contribution in [-0.2, 0) is 11.2 Å². The Hall–Kier alpha value is -3.32. The van der Waals surface area contributed by atoms with Crippen molar-refractivity contribution in [2.45, 2.75) is 12.8 Å². The topological polar surface area (TPSA) is 90.4 Å². The maximum Gasteiger partial charge on any atom is 0.303 e. The maximum absolute atomic E-state index is 11.1. The van der Waals surface area contributed by atoms with Crippen molar-refractivity contribution >= 4 is 32.7 Å². The van der Waals surface area contributed by atoms with E-state index in [-0.39, 0.29) is 6.42 Å². The minimum absolute atomic E-state index is 0.0712. The van der Waals surface area contributed by atoms with E-state index in [1.54, 1.807) is 7.11 Å². The van der Waals surface area contributed by atoms with E-state index in [0.29, 0.717) is 11.6 Å². The first kappa shape index (κ1) is 18.1. The number of methoxy groups -OCH3 is 1. The number of benzene rings is 2. The van der Waals surface area contributed by atoms with Crippen molar-refractivity contribution in [1.82, 2.24) is 9.55 Å². The Bertz CT molecular complexity index is 1150. The van der Waals surface area contributed by atoms with Crippen LogP contribution in [0.5, 0.6) is 5.75 Å². The van der Waals surface area contributed by atoms with E-state index >= 15 is 0 Å². The van der Waals surface area contributed by atoms with Crippen LogP contribution in [0.4, 0.5) is 5.13 Å². The lowest BCUT2D eigenvalue weighted by Gasteiger charge is -2.14. The second kappa shape index (κ2) is 7.36. The molecule has 6 nitrogen and oxygen atoms in total. The fraction of sp³-hybridized carbons (Fsp3) is 0.143. The van der Waals surface area contributed by atoms with Crippen molar-refractivity contribution < 1.29 is 14.6 Å². The number of aliphatic carboxylic acids is 1. The van der Waals surface area contributed by atoms with Gasteiger partial charge >= 0.3 is 5.97 Å². The number of carboxylic acids is 1. The zero-order valence-corrected chi connectivity index (χ0v) is 16.1. The van der Waals surface area contributed by atoms with E-state index in [1.807, 2.05) is 54.6 Å². The molecule has 0 saturated carbocycles. The molecular weight excluding hydrogens is 374 g/mol. The molecular formula is C21H19N3O3S. The predicted octanol–water partition coefficient (Wildman–Crippen LogP) is 4.36. The lowest BCUT2D eigenvalue weighted by atomic mass is 10.1. The number of anilines is 1. The number of carboxylic acid groups (broad SMARTS) is 1. The van der Waals surface area contributed by atoms with E-state index in [2.05, 4.69) is 9.55 Å². The van der Waals surface area contributed by atoms with Gasteiger partial charge in [-0.15, -0.1) is 0 Å². The number of fused-ring (bicyclic) bond motifs is 1. The summed E-state index contributed by atoms with van der Waals surface area (Å²) in [6.45, 7) is 0. The number of nitrogen functional groups attached to an aromatic ring is 1. The summed E-state index contributed by atoms with van der Waals surface area (Å²) in [6, 6.07) is 17.8. The molecule has 0 aliphatic rings. The number of carbonyl (C=O) groups is 1. The molecule has 0 spiro atoms. The predicted molar refractivity (Wildman–Crippen MR) is 111 cm³/mol. The Morgan fingerprint density at radius 2 is 1.96 bits per heavy atom. The number of nitrogens with two attached hydrogens (primary N) is 1. The summed E-state index contributed by atoms with van der Waals surface area (Å²) < 4.78 is 8.34. The molecule has 3 N–H and O–H groups in total. The molecule has 0 fully saturated rings. The molecule has 0 aliphatic carbocycles. The Morgan fingerprint density at radius 1 is 1.18 bits per heavy atom. The first-order valence-corrected chi connectivity index (χ1v) is 9.60. The number of hydrogen-bond acceptors (Lipinski definition) is 5. The lowest BCUT2D eigenvalue weighted by molar-refractivity contribution is -0.136. The molecule has 2 aromatic heterocycles. The van der Waals surface area contributed by atoms with Gasteiger partial charge in [-0.1, -0.05) is 11.3 Å². The van der Waals surface area contributed by atoms with Crippen LogP contribution in [0.25, 0.3) is 27.2 Å². The molecule has 28 heavy (non-hydrogen) atoms. The largest absolute Gasteiger partial charge is 0.497 e. The normalized spacial score (nSPS) is 11.0. The van der Waals surface area contributed by atoms with Crippen LogP contribution >= 0.6 is 11.3 Å². The van der Waals surface area contributed by atoms with Crippen LogP contribution < -0.4 is 10.5 Å². The van der Waals surface area contributed by atoms with Gasteiger partial charge in [-0.3, -0.25) is 4.79 Å². The Labute approximate surface area is 165 Å². The molecule has 142 valence electrons. The van der Waals surface area contributed by atoms with Gasteiger partial charge in [-0.05, 0) is 66.6 Å². The Balaban J connectivity index is 1.84. The van der Waals surface area contributed by atoms with Gasteiger partial charge in [0.15, 0.2) is 5.13 Å². The summed E-state index contributed by atoms with van der Waals surface area (Å²) in [5.41, 5.74) is 10.6. The monoisotopic (exact) mass is 393 g/mol. The highest BCUT2D eigenvalue weighted by Crippen LogP contribution is 2.32. The molecule has 2 aromatic carbocycles. The van der Waals surface area contributed by atoms with Gasteiger partial charge in [-0.25, -0.2) is 4.98 Å². The second-order valence-electron chi connectivity index (χ2n) is 6.37. The fourth-order valence-corrected chi connectivity index (χ4v) is 4.04. The summed E-state index contributed by atoms with van der Waals surface area (Å²) in [5, 5.41) is 9.65. The third kappa shape index (κ3) is 3.44. The highest BCUT2D eigenvalue weighted by molar-refractivity contribution is 7.22. The van der Waals surface area contributed by atoms with Crippen molar-refractivity contribution in [3.8, 4) is 22.7 Å². The van der Waals surface area contributed by atoms with E-state index in [0.717, 1.165) is 38.6 Å². The molecule has 0 saturated heterocycles. The van der Waals surface area contributed by atoms with E-state index in [4.69, 9.17) is 15.6 Å². The third-order valence-electron chi connectivity index (χ3n) is 4.59. The van der Waals surface area contributed by atoms with Crippen LogP contribution in [0.3, 0.4) is 0 Å². The molecule has 0 aliphatic heterocycles. The minimum atomic E-state index is -0.815. The highest BCUT2D eigenvalue weighted by atomic mass is 32.1. The van der Waals surface area contributed by atoms with Crippen molar-refractivity contribution in [3.05, 3.63) is 60.3 Å². The summed E-state index contributed by atoms with van der Waals surface area (Å²) in [7, 11) is 1.64. The third-order valence-corrected chi connectivity index (χ3v) is 5.44. The molecule has 2 heterocycles. The molecule has 0 atom stereocenters. The van der Waals surface area contributed by atoms with Gasteiger partial charge in [0.05, 0.1) is 29.4 Å². The quantitative estimate of drug-likeness (QED) is 0.508. The molecule has 0 radical (unpaired) electrons. The summed E-state index contributed by atoms with van der Waals surface area (Å²) in [5.74, 6) is -0.0288. The van der Waals surface area contributed by atoms with E-state index < -0.39 is 5.97 Å². The van der Waals surface area contributed by atoms with Gasteiger partial charge in [-0.2, -0.15) is 0 Å². The number of ether oxygens (including phenoxy) is 1. The lowest BCUT2D eigenvalue weighted by Crippen LogP contribution is -2.05. The van der Waals surface area contributed by atoms with Crippen molar-refractivity contribution in [2.24, 2.45) is 0 Å². The number of rotatable bonds is 6. The van der Waals surface area contributed by atoms with Crippen LogP contribution in [0, 0.1) is 0 Å². The highest BCUT2D eigenvalue weighted by Gasteiger charge is 2.14. The number of thiazole rings is 1. The SMILES string of the molecule is COc1ccc(-c2ccc(CCC(=O)O)n2-c2ccc3nc(N)sc3c2)cc1. The number of aromatic nitrogens is 2. The molecule has 0 amide bonds. The first-order chi connectivity index (χ1) is 13.5. The summed E-state index contributed by atoms with van der Waals surface area (Å²) in [4.78, 5) is 15.4. The molecule has 4 rings (SSSR count). The number of aryl methyl sites for hydroxylation is 1. The molecule has 4 aromatic rings. The summed E-state index contributed by atoms with van der Waals surface area (Å²) >= 11 is 1.44. The average Bonchev–Trinajstić information content (AvgIpc) is 3.28. The molecule has 0 unspecified atom stereocenters. The number of nitrogens with zero attached hydrogens (tertiary/aromatic N) is 2. The van der Waals surface area contributed by atoms with E-state index in [1.165, 1.54) is 11.3 Å². The van der Waals surface area contributed by atoms with Crippen molar-refractivity contribution in [2.75, 3.05) is 12.8 Å². The van der Waals surface area contributed by atoms with Crippen LogP contribution in [0.1, 0.15) is 12.1 Å². The van der Waals surface area contributed by atoms with E-state index in [9.17, 15) is 4.79 Å². The minimum Gasteiger partial charge on any atom is -0.497 e. The van der Waals surface area contributed by atoms with Crippen LogP contribution in [0.2, 0.25) is 0 Å². The van der Waals surface area contributed by atoms with Crippen molar-refractivity contribution in [3.63, 3.8) is 0 Å². The van der Waals surface area contributed by atoms with Gasteiger partial charge in [0, 0.05) is 11.4 Å². The zero-order chi connectivity index (χ0) is 19.7. The van der Waals surface area contributed by atoms with Crippen molar-refractivity contribution in [1.29, 1.82) is 0 Å². The van der Waals surface area contributed by atoms with Crippen LogP contribution in [-0.4, -0.2) is 27.7 Å². The first-order valence-electron chi connectivity index (χ1n) is 8.78. The van der Waals surface area contributed by atoms with Gasteiger partial charge in [0.2, 0.25) is 0 Å². The maximum atomic E-state index is 11.1. The van der Waals surface area contributed by atoms with Crippen LogP contribution in [0.15, 0.2) is 54.6 Å². The fourth-order valence-electron chi connectivity index (χ4n) is 3.27. The zero-order valence-electron chi connectivity index (χ0n) is 15.3. The standard InChI is InChI=1S/C21H19N3O3S/c1-27-16-7-2-13(3-8-16)18-10-5-14(6-11-20(25)26)24(18)15-4-9-17-19(12-15)28-21(22)23-17/h2-5,7-10,12H,6,11H2,1H3,(H2,22,23)(H,25,26).